The summed E-state index contributed by atoms with van der Waals surface area (Å²) >= 11 is 0. The molecule has 0 bridgehead atoms. The minimum atomic E-state index is 0. The predicted molar refractivity (Wildman–Crippen MR) is 21.7 cm³/mol. The van der Waals surface area contributed by atoms with Crippen molar-refractivity contribution in [1.29, 1.82) is 0 Å². The van der Waals surface area contributed by atoms with Gasteiger partial charge < -0.3 is 20.3 Å². The van der Waals surface area contributed by atoms with Crippen molar-refractivity contribution in [3.63, 3.8) is 0 Å². The summed E-state index contributed by atoms with van der Waals surface area (Å²) in [6.45, 7) is 0. The smallest absolute Gasteiger partial charge is 0 e. The average Bonchev–Trinajstić information content (AvgIpc) is 1.00. The Hall–Kier alpha value is 1.13. The summed E-state index contributed by atoms with van der Waals surface area (Å²) in [6.07, 6.45) is 0. The van der Waals surface area contributed by atoms with Gasteiger partial charge in [0.05, 0.1) is 0 Å². The minimum absolute atomic E-state index is 0. The molecule has 56 valence electrons. The van der Waals surface area contributed by atoms with Crippen molar-refractivity contribution < 1.29 is 54.9 Å². The molecule has 0 atom stereocenters. The van der Waals surface area contributed by atoms with E-state index in [-0.39, 0.29) is 59.3 Å². The van der Waals surface area contributed by atoms with Crippen molar-refractivity contribution in [2.75, 3.05) is 0 Å². The van der Waals surface area contributed by atoms with Gasteiger partial charge in [0.1, 0.15) is 0 Å². The summed E-state index contributed by atoms with van der Waals surface area (Å²) in [5, 5.41) is 12.0. The molecule has 4 N–H and O–H groups in total. The van der Waals surface area contributed by atoms with E-state index in [1.165, 1.54) is 0 Å². The monoisotopic (exact) mass is 288 g/mol. The molecule has 0 spiro atoms. The van der Waals surface area contributed by atoms with E-state index in [2.05, 4.69) is 0 Å². The van der Waals surface area contributed by atoms with Crippen LogP contribution in [0.25, 0.3) is 0 Å². The molecule has 0 aromatic rings. The second-order valence-corrected chi connectivity index (χ2v) is 0. The third-order valence-electron chi connectivity index (χ3n) is 0. The van der Waals surface area contributed by atoms with Gasteiger partial charge >= 0.3 is 0 Å². The molecule has 0 aromatic heterocycles. The van der Waals surface area contributed by atoms with Crippen LogP contribution >= 0.6 is 0 Å². The fraction of sp³-hybridized carbons (Fsp3) is 0. The zero-order valence-electron chi connectivity index (χ0n) is 4.06. The molecule has 0 unspecified atom stereocenters. The van der Waals surface area contributed by atoms with Crippen LogP contribution in [0.4, 0.5) is 0 Å². The van der Waals surface area contributed by atoms with Crippen LogP contribution in [0.15, 0.2) is 0 Å². The van der Waals surface area contributed by atoms with E-state index in [1.54, 1.807) is 0 Å². The molecule has 0 aliphatic carbocycles. The second kappa shape index (κ2) is 211. The number of rotatable bonds is 0. The summed E-state index contributed by atoms with van der Waals surface area (Å²) in [6, 6.07) is 0. The van der Waals surface area contributed by atoms with Gasteiger partial charge in [-0.3, -0.25) is 10.5 Å². The Morgan fingerprint density at radius 3 is 0.714 bits per heavy atom. The van der Waals surface area contributed by atoms with Crippen LogP contribution < -0.4 is 0 Å². The number of hydrogen-bond acceptors (Lipinski definition) is 2. The Bertz CT molecular complexity index is 10.9. The maximum Gasteiger partial charge on any atom is 0 e. The van der Waals surface area contributed by atoms with Gasteiger partial charge in [0.2, 0.25) is 0 Å². The van der Waals surface area contributed by atoms with Gasteiger partial charge in [-0.05, 0) is 0 Å². The molecule has 7 heavy (non-hydrogen) atoms. The van der Waals surface area contributed by atoms with Crippen molar-refractivity contribution >= 4 is 0 Å². The second-order valence-electron chi connectivity index (χ2n) is 0. The van der Waals surface area contributed by atoms with Gasteiger partial charge in [-0.25, -0.2) is 0 Å². The fourth-order valence-electron chi connectivity index (χ4n) is 0. The average molecular weight is 288 g/mol. The first-order chi connectivity index (χ1) is 1.00. The molecule has 0 heterocycles. The maximum atomic E-state index is 6.00. The van der Waals surface area contributed by atoms with E-state index in [0.29, 0.717) is 0 Å². The van der Waals surface area contributed by atoms with Crippen molar-refractivity contribution in [3.8, 4) is 0 Å². The SMILES string of the molecule is O.OO.[CH3-].[CH3-].[Rh].[Rh]. The quantitative estimate of drug-likeness (QED) is 0.287. The van der Waals surface area contributed by atoms with Crippen LogP contribution in [0.2, 0.25) is 0 Å². The molecular formula is C2H10O3Rh2-2. The first-order valence-corrected chi connectivity index (χ1v) is 0.200. The standard InChI is InChI=1S/2CH3.H2O2.H2O.2Rh/c;;1-2;;;/h2*1H3;1-2H;1H2;;/q2*-1;;;;. The molecule has 0 aliphatic heterocycles. The van der Waals surface area contributed by atoms with E-state index in [0.717, 1.165) is 0 Å². The topological polar surface area (TPSA) is 72.0 Å². The maximum absolute atomic E-state index is 6.00. The Morgan fingerprint density at radius 2 is 0.714 bits per heavy atom. The molecule has 0 amide bonds. The summed E-state index contributed by atoms with van der Waals surface area (Å²) < 4.78 is 0. The molecule has 5 heteroatoms. The van der Waals surface area contributed by atoms with Crippen LogP contribution in [0.3, 0.4) is 0 Å². The van der Waals surface area contributed by atoms with Crippen LogP contribution in [0, 0.1) is 14.9 Å². The van der Waals surface area contributed by atoms with Crippen LogP contribution in [-0.4, -0.2) is 16.0 Å². The molecule has 0 rings (SSSR count). The van der Waals surface area contributed by atoms with Crippen molar-refractivity contribution in [2.45, 2.75) is 0 Å². The molecule has 0 aromatic carbocycles. The van der Waals surface area contributed by atoms with Crippen LogP contribution in [0.1, 0.15) is 0 Å². The van der Waals surface area contributed by atoms with E-state index in [9.17, 15) is 0 Å². The van der Waals surface area contributed by atoms with Gasteiger partial charge in [0, 0.05) is 39.0 Å². The Kier molecular flexibility index (Phi) is 2750. The van der Waals surface area contributed by atoms with Gasteiger partial charge in [-0.2, -0.15) is 0 Å². The van der Waals surface area contributed by atoms with Crippen molar-refractivity contribution in [2.24, 2.45) is 0 Å². The molecule has 0 saturated carbocycles. The first-order valence-electron chi connectivity index (χ1n) is 0.200. The zero-order chi connectivity index (χ0) is 2.00. The summed E-state index contributed by atoms with van der Waals surface area (Å²) in [5.41, 5.74) is 0. The summed E-state index contributed by atoms with van der Waals surface area (Å²) in [5.74, 6) is 0. The molecule has 0 fully saturated rings. The summed E-state index contributed by atoms with van der Waals surface area (Å²) in [7, 11) is 0. The van der Waals surface area contributed by atoms with E-state index < -0.39 is 0 Å². The molecule has 0 aliphatic rings. The Morgan fingerprint density at radius 1 is 0.714 bits per heavy atom. The van der Waals surface area contributed by atoms with Gasteiger partial charge in [-0.1, -0.05) is 0 Å². The van der Waals surface area contributed by atoms with Gasteiger partial charge in [-0.15, -0.1) is 0 Å². The normalized spacial score (nSPS) is 0.857. The zero-order valence-corrected chi connectivity index (χ0v) is 7.34. The van der Waals surface area contributed by atoms with Gasteiger partial charge in [0.25, 0.3) is 0 Å². The molecule has 2 radical (unpaired) electrons. The van der Waals surface area contributed by atoms with E-state index >= 15 is 0 Å². The predicted octanol–water partition coefficient (Wildman–Crippen LogP) is 0.0883. The van der Waals surface area contributed by atoms with Crippen molar-refractivity contribution in [3.05, 3.63) is 14.9 Å². The Balaban J connectivity index is -0.000000000500. The molecule has 0 saturated heterocycles. The van der Waals surface area contributed by atoms with E-state index in [4.69, 9.17) is 10.5 Å². The van der Waals surface area contributed by atoms with Gasteiger partial charge in [0.15, 0.2) is 0 Å². The van der Waals surface area contributed by atoms with E-state index in [1.807, 2.05) is 0 Å². The first kappa shape index (κ1) is 91.3. The Labute approximate surface area is 69.9 Å². The van der Waals surface area contributed by atoms with Crippen LogP contribution in [-0.2, 0) is 39.0 Å². The third-order valence-corrected chi connectivity index (χ3v) is 0. The number of hydrogen-bond donors (Lipinski definition) is 2. The molecular weight excluding hydrogens is 278 g/mol. The summed E-state index contributed by atoms with van der Waals surface area (Å²) in [4.78, 5) is 0. The largest absolute Gasteiger partial charge is 0.412 e. The van der Waals surface area contributed by atoms with Crippen LogP contribution in [0.5, 0.6) is 0 Å². The fourth-order valence-corrected chi connectivity index (χ4v) is 0. The van der Waals surface area contributed by atoms with Crippen molar-refractivity contribution in [1.82, 2.24) is 0 Å². The molecule has 3 nitrogen and oxygen atoms in total. The third kappa shape index (κ3) is 148. The minimum Gasteiger partial charge on any atom is -0.412 e.